The van der Waals surface area contributed by atoms with Gasteiger partial charge in [-0.05, 0) is 24.6 Å². The second-order valence-corrected chi connectivity index (χ2v) is 4.59. The van der Waals surface area contributed by atoms with Crippen LogP contribution < -0.4 is 5.32 Å². The Morgan fingerprint density at radius 3 is 2.50 bits per heavy atom. The van der Waals surface area contributed by atoms with Gasteiger partial charge in [0.2, 0.25) is 0 Å². The summed E-state index contributed by atoms with van der Waals surface area (Å²) in [5, 5.41) is 30.5. The summed E-state index contributed by atoms with van der Waals surface area (Å²) in [5.41, 5.74) is 1.52. The molecule has 0 aromatic heterocycles. The zero-order chi connectivity index (χ0) is 12.1. The Hall–Kier alpha value is -0.620. The molecule has 0 aliphatic carbocycles. The van der Waals surface area contributed by atoms with Crippen molar-refractivity contribution in [1.29, 1.82) is 0 Å². The predicted molar refractivity (Wildman–Crippen MR) is 65.3 cm³/mol. The molecule has 0 amide bonds. The number of nitrogens with one attached hydrogen (secondary N) is 1. The number of hydrogen-bond acceptors (Lipinski definition) is 4. The first-order chi connectivity index (χ1) is 7.58. The lowest BCUT2D eigenvalue weighted by Crippen LogP contribution is -2.35. The molecular weight excluding hydrogens is 274 g/mol. The fraction of sp³-hybridized carbons (Fsp3) is 0.455. The number of aliphatic hydroxyl groups is 2. The van der Waals surface area contributed by atoms with Gasteiger partial charge in [0.15, 0.2) is 0 Å². The normalized spacial score (nSPS) is 11.1. The second kappa shape index (κ2) is 6.20. The van der Waals surface area contributed by atoms with Crippen LogP contribution >= 0.6 is 15.9 Å². The molecule has 0 fully saturated rings. The zero-order valence-electron chi connectivity index (χ0n) is 9.07. The Labute approximate surface area is 103 Å². The number of aromatic hydroxyl groups is 1. The third kappa shape index (κ3) is 3.45. The van der Waals surface area contributed by atoms with Gasteiger partial charge >= 0.3 is 0 Å². The minimum absolute atomic E-state index is 0.135. The predicted octanol–water partition coefficient (Wildman–Crippen LogP) is 0.906. The summed E-state index contributed by atoms with van der Waals surface area (Å²) in [6, 6.07) is 3.27. The van der Waals surface area contributed by atoms with Gasteiger partial charge in [-0.3, -0.25) is 0 Å². The van der Waals surface area contributed by atoms with Gasteiger partial charge in [-0.25, -0.2) is 0 Å². The van der Waals surface area contributed by atoms with Crippen molar-refractivity contribution in [2.75, 3.05) is 13.2 Å². The molecule has 0 atom stereocenters. The molecule has 0 unspecified atom stereocenters. The first-order valence-electron chi connectivity index (χ1n) is 5.01. The molecule has 0 spiro atoms. The van der Waals surface area contributed by atoms with E-state index in [-0.39, 0.29) is 25.0 Å². The van der Waals surface area contributed by atoms with Gasteiger partial charge in [-0.2, -0.15) is 0 Å². The molecule has 16 heavy (non-hydrogen) atoms. The van der Waals surface area contributed by atoms with Gasteiger partial charge in [0.05, 0.1) is 19.3 Å². The van der Waals surface area contributed by atoms with Crippen molar-refractivity contribution in [3.63, 3.8) is 0 Å². The Morgan fingerprint density at radius 1 is 1.31 bits per heavy atom. The molecule has 0 saturated carbocycles. The number of aryl methyl sites for hydroxylation is 1. The van der Waals surface area contributed by atoms with Gasteiger partial charge in [-0.1, -0.05) is 15.9 Å². The summed E-state index contributed by atoms with van der Waals surface area (Å²) in [7, 11) is 0. The van der Waals surface area contributed by atoms with Gasteiger partial charge in [0, 0.05) is 16.6 Å². The molecule has 5 heteroatoms. The number of hydrogen-bond donors (Lipinski definition) is 4. The third-order valence-electron chi connectivity index (χ3n) is 2.37. The van der Waals surface area contributed by atoms with Crippen LogP contribution in [0.2, 0.25) is 0 Å². The van der Waals surface area contributed by atoms with Crippen LogP contribution in [0.5, 0.6) is 5.75 Å². The van der Waals surface area contributed by atoms with Crippen LogP contribution in [0.25, 0.3) is 0 Å². The molecule has 0 radical (unpaired) electrons. The topological polar surface area (TPSA) is 72.7 Å². The van der Waals surface area contributed by atoms with E-state index in [1.54, 1.807) is 6.07 Å². The van der Waals surface area contributed by atoms with Crippen LogP contribution in [-0.4, -0.2) is 34.6 Å². The number of benzene rings is 1. The van der Waals surface area contributed by atoms with Crippen molar-refractivity contribution in [2.45, 2.75) is 19.5 Å². The number of phenols is 1. The van der Waals surface area contributed by atoms with E-state index in [1.807, 2.05) is 13.0 Å². The summed E-state index contributed by atoms with van der Waals surface area (Å²) >= 11 is 3.35. The largest absolute Gasteiger partial charge is 0.507 e. The molecule has 0 saturated heterocycles. The molecule has 4 nitrogen and oxygen atoms in total. The molecule has 90 valence electrons. The van der Waals surface area contributed by atoms with E-state index in [4.69, 9.17) is 10.2 Å². The Kier molecular flexibility index (Phi) is 5.21. The number of phenolic OH excluding ortho intramolecular Hbond substituents is 1. The summed E-state index contributed by atoms with van der Waals surface area (Å²) < 4.78 is 0.893. The fourth-order valence-electron chi connectivity index (χ4n) is 1.38. The quantitative estimate of drug-likeness (QED) is 0.650. The minimum atomic E-state index is -0.362. The maximum Gasteiger partial charge on any atom is 0.123 e. The smallest absolute Gasteiger partial charge is 0.123 e. The second-order valence-electron chi connectivity index (χ2n) is 3.67. The minimum Gasteiger partial charge on any atom is -0.507 e. The highest BCUT2D eigenvalue weighted by Gasteiger charge is 2.09. The van der Waals surface area contributed by atoms with Gasteiger partial charge in [-0.15, -0.1) is 0 Å². The lowest BCUT2D eigenvalue weighted by atomic mass is 10.1. The van der Waals surface area contributed by atoms with E-state index in [2.05, 4.69) is 21.2 Å². The molecule has 0 aliphatic heterocycles. The zero-order valence-corrected chi connectivity index (χ0v) is 10.7. The average molecular weight is 290 g/mol. The van der Waals surface area contributed by atoms with Crippen LogP contribution in [0.1, 0.15) is 11.1 Å². The van der Waals surface area contributed by atoms with Gasteiger partial charge < -0.3 is 20.6 Å². The maximum atomic E-state index is 9.79. The van der Waals surface area contributed by atoms with Crippen molar-refractivity contribution >= 4 is 15.9 Å². The van der Waals surface area contributed by atoms with E-state index in [0.717, 1.165) is 15.6 Å². The molecule has 1 rings (SSSR count). The highest BCUT2D eigenvalue weighted by molar-refractivity contribution is 9.10. The van der Waals surface area contributed by atoms with Crippen LogP contribution in [0.4, 0.5) is 0 Å². The van der Waals surface area contributed by atoms with Crippen LogP contribution in [0, 0.1) is 6.92 Å². The molecule has 1 aromatic rings. The lowest BCUT2D eigenvalue weighted by molar-refractivity contribution is 0.170. The van der Waals surface area contributed by atoms with E-state index in [1.165, 1.54) is 0 Å². The fourth-order valence-corrected chi connectivity index (χ4v) is 2.00. The Balaban J connectivity index is 2.73. The lowest BCUT2D eigenvalue weighted by Gasteiger charge is -2.15. The molecular formula is C11H16BrNO3. The van der Waals surface area contributed by atoms with E-state index in [0.29, 0.717) is 6.54 Å². The monoisotopic (exact) mass is 289 g/mol. The maximum absolute atomic E-state index is 9.79. The number of halogens is 1. The SMILES string of the molecule is Cc1cc(Br)cc(CNC(CO)CO)c1O. The van der Waals surface area contributed by atoms with Gasteiger partial charge in [0.25, 0.3) is 0 Å². The van der Waals surface area contributed by atoms with E-state index in [9.17, 15) is 5.11 Å². The first-order valence-corrected chi connectivity index (χ1v) is 5.81. The summed E-state index contributed by atoms with van der Waals surface area (Å²) in [6.45, 7) is 1.95. The van der Waals surface area contributed by atoms with E-state index < -0.39 is 0 Å². The summed E-state index contributed by atoms with van der Waals surface area (Å²) in [5.74, 6) is 0.241. The molecule has 1 aromatic carbocycles. The third-order valence-corrected chi connectivity index (χ3v) is 2.82. The Bertz CT molecular complexity index is 353. The molecule has 4 N–H and O–H groups in total. The van der Waals surface area contributed by atoms with Crippen molar-refractivity contribution in [2.24, 2.45) is 0 Å². The van der Waals surface area contributed by atoms with Crippen molar-refractivity contribution in [1.82, 2.24) is 5.32 Å². The molecule has 0 bridgehead atoms. The van der Waals surface area contributed by atoms with Gasteiger partial charge in [0.1, 0.15) is 5.75 Å². The van der Waals surface area contributed by atoms with Crippen LogP contribution in [0.15, 0.2) is 16.6 Å². The van der Waals surface area contributed by atoms with Crippen LogP contribution in [0.3, 0.4) is 0 Å². The van der Waals surface area contributed by atoms with Crippen LogP contribution in [-0.2, 0) is 6.54 Å². The molecule has 0 aliphatic rings. The summed E-state index contributed by atoms with van der Waals surface area (Å²) in [4.78, 5) is 0. The van der Waals surface area contributed by atoms with Crippen molar-refractivity contribution < 1.29 is 15.3 Å². The van der Waals surface area contributed by atoms with E-state index >= 15 is 0 Å². The number of rotatable bonds is 5. The number of aliphatic hydroxyl groups excluding tert-OH is 2. The van der Waals surface area contributed by atoms with Crippen molar-refractivity contribution in [3.8, 4) is 5.75 Å². The standard InChI is InChI=1S/C11H16BrNO3/c1-7-2-9(12)3-8(11(7)16)4-13-10(5-14)6-15/h2-3,10,13-16H,4-6H2,1H3. The highest BCUT2D eigenvalue weighted by Crippen LogP contribution is 2.26. The molecule has 0 heterocycles. The first kappa shape index (κ1) is 13.4. The average Bonchev–Trinajstić information content (AvgIpc) is 2.26. The van der Waals surface area contributed by atoms with Crippen molar-refractivity contribution in [3.05, 3.63) is 27.7 Å². The summed E-state index contributed by atoms with van der Waals surface area (Å²) in [6.07, 6.45) is 0. The highest BCUT2D eigenvalue weighted by atomic mass is 79.9. The Morgan fingerprint density at radius 2 is 1.94 bits per heavy atom.